The molecule has 0 aliphatic rings. The van der Waals surface area contributed by atoms with Crippen LogP contribution in [0.15, 0.2) is 48.6 Å². The van der Waals surface area contributed by atoms with Crippen molar-refractivity contribution >= 4 is 19.8 Å². The first-order valence-electron chi connectivity index (χ1n) is 27.4. The van der Waals surface area contributed by atoms with Crippen LogP contribution in [0.2, 0.25) is 0 Å². The Bertz CT molecular complexity index is 1260. The highest BCUT2D eigenvalue weighted by Gasteiger charge is 2.27. The molecule has 1 N–H and O–H groups in total. The molecule has 10 heteroatoms. The topological polar surface area (TPSA) is 108 Å². The molecule has 2 atom stereocenters. The normalized spacial score (nSPS) is 13.7. The van der Waals surface area contributed by atoms with E-state index < -0.39 is 26.5 Å². The number of likely N-dealkylation sites (N-methyl/N-ethyl adjacent to an activating group) is 1. The number of rotatable bonds is 50. The van der Waals surface area contributed by atoms with Crippen molar-refractivity contribution in [1.29, 1.82) is 0 Å². The van der Waals surface area contributed by atoms with E-state index in [0.29, 0.717) is 23.9 Å². The number of quaternary nitrogens is 1. The number of nitrogens with zero attached hydrogens (tertiary/aromatic N) is 1. The zero-order valence-electron chi connectivity index (χ0n) is 43.7. The van der Waals surface area contributed by atoms with E-state index in [1.165, 1.54) is 154 Å². The minimum absolute atomic E-state index is 0.0338. The molecule has 2 unspecified atom stereocenters. The number of carbonyl (C=O) groups excluding carboxylic acids is 2. The summed E-state index contributed by atoms with van der Waals surface area (Å²) in [6.07, 6.45) is 59.4. The predicted octanol–water partition coefficient (Wildman–Crippen LogP) is 16.6. The Morgan fingerprint density at radius 3 is 1.29 bits per heavy atom. The van der Waals surface area contributed by atoms with Crippen LogP contribution in [0.25, 0.3) is 0 Å². The molecule has 386 valence electrons. The molecule has 0 heterocycles. The largest absolute Gasteiger partial charge is 0.472 e. The molecule has 0 aliphatic carbocycles. The van der Waals surface area contributed by atoms with Gasteiger partial charge in [0.25, 0.3) is 0 Å². The van der Waals surface area contributed by atoms with Gasteiger partial charge in [-0.2, -0.15) is 0 Å². The fourth-order valence-electron chi connectivity index (χ4n) is 7.65. The number of ether oxygens (including phenoxy) is 2. The molecule has 0 bridgehead atoms. The van der Waals surface area contributed by atoms with Gasteiger partial charge in [-0.25, -0.2) is 4.57 Å². The van der Waals surface area contributed by atoms with Gasteiger partial charge >= 0.3 is 19.8 Å². The lowest BCUT2D eigenvalue weighted by atomic mass is 10.0. The first-order valence-corrected chi connectivity index (χ1v) is 28.9. The van der Waals surface area contributed by atoms with Gasteiger partial charge in [-0.05, 0) is 51.4 Å². The fourth-order valence-corrected chi connectivity index (χ4v) is 8.40. The van der Waals surface area contributed by atoms with Crippen LogP contribution >= 0.6 is 7.82 Å². The van der Waals surface area contributed by atoms with E-state index in [4.69, 9.17) is 18.5 Å². The number of phosphoric acid groups is 1. The van der Waals surface area contributed by atoms with E-state index in [1.54, 1.807) is 0 Å². The number of allylic oxidation sites excluding steroid dienone is 8. The van der Waals surface area contributed by atoms with Crippen LogP contribution in [-0.4, -0.2) is 74.9 Å². The summed E-state index contributed by atoms with van der Waals surface area (Å²) >= 11 is 0. The smallest absolute Gasteiger partial charge is 0.462 e. The van der Waals surface area contributed by atoms with Crippen molar-refractivity contribution in [3.63, 3.8) is 0 Å². The summed E-state index contributed by atoms with van der Waals surface area (Å²) in [5, 5.41) is 0. The highest BCUT2D eigenvalue weighted by Crippen LogP contribution is 2.43. The number of carbonyl (C=O) groups is 2. The minimum Gasteiger partial charge on any atom is -0.462 e. The molecule has 0 saturated heterocycles. The molecular formula is C56H105NO8P+. The van der Waals surface area contributed by atoms with E-state index in [1.807, 2.05) is 21.1 Å². The lowest BCUT2D eigenvalue weighted by Crippen LogP contribution is -2.37. The summed E-state index contributed by atoms with van der Waals surface area (Å²) in [5.41, 5.74) is 0. The van der Waals surface area contributed by atoms with Crippen molar-refractivity contribution in [2.24, 2.45) is 0 Å². The Morgan fingerprint density at radius 2 is 0.864 bits per heavy atom. The maximum absolute atomic E-state index is 12.7. The van der Waals surface area contributed by atoms with Crippen molar-refractivity contribution in [2.75, 3.05) is 47.5 Å². The SMILES string of the molecule is CC/C=C\C/C=C\C/C=C\C/C=C\CCCCCCCCCCCCCCCCCCCCCCCCC(=O)OC(COC(=O)CCCCCCCCC)COP(=O)(O)OCC[N+](C)(C)C. The first-order chi connectivity index (χ1) is 32.0. The van der Waals surface area contributed by atoms with E-state index in [9.17, 15) is 19.0 Å². The second kappa shape index (κ2) is 48.0. The molecule has 66 heavy (non-hydrogen) atoms. The van der Waals surface area contributed by atoms with E-state index in [-0.39, 0.29) is 25.6 Å². The van der Waals surface area contributed by atoms with Gasteiger partial charge in [0, 0.05) is 12.8 Å². The zero-order chi connectivity index (χ0) is 48.5. The number of phosphoric ester groups is 1. The molecular weight excluding hydrogens is 846 g/mol. The van der Waals surface area contributed by atoms with Gasteiger partial charge < -0.3 is 18.9 Å². The van der Waals surface area contributed by atoms with Crippen molar-refractivity contribution in [1.82, 2.24) is 0 Å². The van der Waals surface area contributed by atoms with Crippen LogP contribution in [0.4, 0.5) is 0 Å². The number of esters is 2. The number of hydrogen-bond acceptors (Lipinski definition) is 7. The number of hydrogen-bond donors (Lipinski definition) is 1. The molecule has 0 saturated carbocycles. The summed E-state index contributed by atoms with van der Waals surface area (Å²) in [4.78, 5) is 35.3. The van der Waals surface area contributed by atoms with Crippen molar-refractivity contribution < 1.29 is 42.1 Å². The van der Waals surface area contributed by atoms with Gasteiger partial charge in [-0.15, -0.1) is 0 Å². The highest BCUT2D eigenvalue weighted by atomic mass is 31.2. The van der Waals surface area contributed by atoms with Crippen LogP contribution < -0.4 is 0 Å². The molecule has 0 aromatic rings. The third kappa shape index (κ3) is 51.4. The monoisotopic (exact) mass is 951 g/mol. The number of unbranched alkanes of at least 4 members (excludes halogenated alkanes) is 28. The van der Waals surface area contributed by atoms with Crippen LogP contribution in [0.3, 0.4) is 0 Å². The Hall–Kier alpha value is -2.03. The van der Waals surface area contributed by atoms with Gasteiger partial charge in [0.05, 0.1) is 27.7 Å². The van der Waals surface area contributed by atoms with Crippen molar-refractivity contribution in [3.05, 3.63) is 48.6 Å². The van der Waals surface area contributed by atoms with Gasteiger partial charge in [0.15, 0.2) is 6.10 Å². The van der Waals surface area contributed by atoms with Crippen LogP contribution in [-0.2, 0) is 32.7 Å². The lowest BCUT2D eigenvalue weighted by Gasteiger charge is -2.24. The molecule has 0 rings (SSSR count). The molecule has 0 aromatic heterocycles. The average molecular weight is 951 g/mol. The molecule has 0 spiro atoms. The second-order valence-electron chi connectivity index (χ2n) is 19.6. The van der Waals surface area contributed by atoms with Crippen LogP contribution in [0.1, 0.15) is 245 Å². The van der Waals surface area contributed by atoms with Gasteiger partial charge in [-0.1, -0.05) is 229 Å². The predicted molar refractivity (Wildman–Crippen MR) is 280 cm³/mol. The van der Waals surface area contributed by atoms with Crippen LogP contribution in [0.5, 0.6) is 0 Å². The highest BCUT2D eigenvalue weighted by molar-refractivity contribution is 7.47. The summed E-state index contributed by atoms with van der Waals surface area (Å²) in [6.45, 7) is 4.28. The maximum Gasteiger partial charge on any atom is 0.472 e. The zero-order valence-corrected chi connectivity index (χ0v) is 44.6. The van der Waals surface area contributed by atoms with Crippen LogP contribution in [0, 0.1) is 0 Å². The van der Waals surface area contributed by atoms with Crippen molar-refractivity contribution in [2.45, 2.75) is 251 Å². The standard InChI is InChI=1S/C56H104NO8P/c1-6-8-10-12-14-15-16-17-18-19-20-21-22-23-24-25-26-27-28-29-30-31-32-33-34-35-36-37-38-39-40-41-43-45-47-49-56(59)65-54(53-64-66(60,61)63-51-50-57(3,4)5)52-62-55(58)48-46-44-42-13-11-9-7-2/h8,10,14-15,17-18,20-21,54H,6-7,9,11-13,16,19,22-53H2,1-5H3/p+1/b10-8-,15-14-,18-17-,21-20-. The van der Waals surface area contributed by atoms with Gasteiger partial charge in [0.2, 0.25) is 0 Å². The van der Waals surface area contributed by atoms with Gasteiger partial charge in [-0.3, -0.25) is 18.6 Å². The molecule has 0 aromatic carbocycles. The second-order valence-corrected chi connectivity index (χ2v) is 21.0. The molecule has 0 fully saturated rings. The summed E-state index contributed by atoms with van der Waals surface area (Å²) in [6, 6.07) is 0. The molecule has 9 nitrogen and oxygen atoms in total. The molecule has 0 amide bonds. The summed E-state index contributed by atoms with van der Waals surface area (Å²) in [5.74, 6) is -0.795. The molecule has 0 aliphatic heterocycles. The Kier molecular flexibility index (Phi) is 46.5. The molecule has 0 radical (unpaired) electrons. The fraction of sp³-hybridized carbons (Fsp3) is 0.821. The average Bonchev–Trinajstić information content (AvgIpc) is 3.27. The Morgan fingerprint density at radius 1 is 0.485 bits per heavy atom. The minimum atomic E-state index is -4.37. The third-order valence-corrected chi connectivity index (χ3v) is 12.9. The Balaban J connectivity index is 3.85. The van der Waals surface area contributed by atoms with Crippen molar-refractivity contribution in [3.8, 4) is 0 Å². The lowest BCUT2D eigenvalue weighted by molar-refractivity contribution is -0.870. The van der Waals surface area contributed by atoms with E-state index in [2.05, 4.69) is 62.5 Å². The van der Waals surface area contributed by atoms with E-state index in [0.717, 1.165) is 57.8 Å². The third-order valence-electron chi connectivity index (χ3n) is 11.9. The first kappa shape index (κ1) is 64.0. The van der Waals surface area contributed by atoms with Gasteiger partial charge in [0.1, 0.15) is 19.8 Å². The maximum atomic E-state index is 12.7. The Labute approximate surface area is 407 Å². The van der Waals surface area contributed by atoms with E-state index >= 15 is 0 Å². The summed E-state index contributed by atoms with van der Waals surface area (Å²) < 4.78 is 34.3. The summed E-state index contributed by atoms with van der Waals surface area (Å²) in [7, 11) is 1.49. The quantitative estimate of drug-likeness (QED) is 0.0211.